The summed E-state index contributed by atoms with van der Waals surface area (Å²) in [5.41, 5.74) is 6.49. The Kier molecular flexibility index (Phi) is 2.82. The number of anilines is 2. The molecule has 0 aliphatic heterocycles. The minimum Gasteiger partial charge on any atom is -0.384 e. The third-order valence-corrected chi connectivity index (χ3v) is 2.38. The molecule has 2 heterocycles. The molecule has 0 aliphatic rings. The Bertz CT molecular complexity index is 585. The highest BCUT2D eigenvalue weighted by atomic mass is 16.1. The second-order valence-electron chi connectivity index (χ2n) is 3.75. The average Bonchev–Trinajstić information content (AvgIpc) is 2.56. The molecule has 0 aliphatic carbocycles. The van der Waals surface area contributed by atoms with Gasteiger partial charge in [0.15, 0.2) is 0 Å². The maximum absolute atomic E-state index is 11.2. The molecule has 0 atom stereocenters. The van der Waals surface area contributed by atoms with Gasteiger partial charge < -0.3 is 16.0 Å². The van der Waals surface area contributed by atoms with Gasteiger partial charge in [-0.1, -0.05) is 0 Å². The second-order valence-corrected chi connectivity index (χ2v) is 3.75. The fourth-order valence-corrected chi connectivity index (χ4v) is 1.48. The maximum Gasteiger partial charge on any atom is 0.252 e. The van der Waals surface area contributed by atoms with Gasteiger partial charge in [0, 0.05) is 25.2 Å². The summed E-state index contributed by atoms with van der Waals surface area (Å²) in [6.07, 6.45) is 1.68. The third-order valence-electron chi connectivity index (χ3n) is 2.38. The summed E-state index contributed by atoms with van der Waals surface area (Å²) in [6, 6.07) is 1.40. The van der Waals surface area contributed by atoms with E-state index in [-0.39, 0.29) is 5.56 Å². The van der Waals surface area contributed by atoms with Gasteiger partial charge >= 0.3 is 0 Å². The molecule has 0 aromatic carbocycles. The monoisotopic (exact) mass is 234 g/mol. The van der Waals surface area contributed by atoms with Crippen molar-refractivity contribution in [1.82, 2.24) is 19.7 Å². The highest BCUT2D eigenvalue weighted by Crippen LogP contribution is 2.10. The molecule has 0 saturated heterocycles. The summed E-state index contributed by atoms with van der Waals surface area (Å²) in [6.45, 7) is 2.21. The van der Waals surface area contributed by atoms with E-state index in [0.717, 1.165) is 5.56 Å². The van der Waals surface area contributed by atoms with Crippen LogP contribution in [0, 0.1) is 6.92 Å². The largest absolute Gasteiger partial charge is 0.384 e. The van der Waals surface area contributed by atoms with Crippen LogP contribution >= 0.6 is 0 Å². The zero-order valence-electron chi connectivity index (χ0n) is 9.69. The fourth-order valence-electron chi connectivity index (χ4n) is 1.48. The number of H-pyrrole nitrogens is 1. The van der Waals surface area contributed by atoms with Crippen LogP contribution in [0.1, 0.15) is 11.4 Å². The van der Waals surface area contributed by atoms with Gasteiger partial charge in [0.25, 0.3) is 5.56 Å². The van der Waals surface area contributed by atoms with Crippen LogP contribution in [-0.2, 0) is 13.6 Å². The molecule has 0 radical (unpaired) electrons. The molecular weight excluding hydrogens is 220 g/mol. The minimum atomic E-state index is -0.181. The number of aromatic amines is 1. The fraction of sp³-hybridized carbons (Fsp3) is 0.300. The quantitative estimate of drug-likeness (QED) is 0.694. The molecule has 0 spiro atoms. The van der Waals surface area contributed by atoms with Crippen molar-refractivity contribution < 1.29 is 0 Å². The number of nitrogens with one attached hydrogen (secondary N) is 2. The van der Waals surface area contributed by atoms with Crippen molar-refractivity contribution >= 4 is 11.6 Å². The molecule has 2 rings (SSSR count). The van der Waals surface area contributed by atoms with Crippen molar-refractivity contribution in [3.63, 3.8) is 0 Å². The lowest BCUT2D eigenvalue weighted by Crippen LogP contribution is -2.12. The Labute approximate surface area is 97.7 Å². The molecular formula is C10H14N6O. The maximum atomic E-state index is 11.2. The van der Waals surface area contributed by atoms with E-state index in [0.29, 0.717) is 24.0 Å². The molecule has 2 aromatic heterocycles. The van der Waals surface area contributed by atoms with Crippen molar-refractivity contribution in [2.45, 2.75) is 13.5 Å². The number of aryl methyl sites for hydroxylation is 2. The summed E-state index contributed by atoms with van der Waals surface area (Å²) < 4.78 is 1.59. The first-order valence-electron chi connectivity index (χ1n) is 5.14. The molecule has 7 nitrogen and oxygen atoms in total. The molecule has 7 heteroatoms. The van der Waals surface area contributed by atoms with E-state index in [1.165, 1.54) is 6.07 Å². The van der Waals surface area contributed by atoms with Gasteiger partial charge in [-0.25, -0.2) is 4.98 Å². The number of hydrogen-bond donors (Lipinski definition) is 3. The Balaban J connectivity index is 2.12. The van der Waals surface area contributed by atoms with Gasteiger partial charge in [-0.05, 0) is 6.92 Å². The topological polar surface area (TPSA) is 102 Å². The van der Waals surface area contributed by atoms with E-state index >= 15 is 0 Å². The number of nitrogen functional groups attached to an aromatic ring is 1. The number of nitrogens with two attached hydrogens (primary N) is 1. The van der Waals surface area contributed by atoms with Crippen LogP contribution in [0.15, 0.2) is 17.1 Å². The first-order valence-corrected chi connectivity index (χ1v) is 5.14. The number of aromatic nitrogens is 4. The van der Waals surface area contributed by atoms with E-state index < -0.39 is 0 Å². The lowest BCUT2D eigenvalue weighted by molar-refractivity contribution is 0.778. The predicted octanol–water partition coefficient (Wildman–Crippen LogP) is 0.00612. The summed E-state index contributed by atoms with van der Waals surface area (Å²) in [4.78, 5) is 17.9. The van der Waals surface area contributed by atoms with Gasteiger partial charge in [-0.2, -0.15) is 5.10 Å². The minimum absolute atomic E-state index is 0.181. The van der Waals surface area contributed by atoms with Crippen LogP contribution in [-0.4, -0.2) is 19.7 Å². The number of rotatable bonds is 3. The van der Waals surface area contributed by atoms with Crippen molar-refractivity contribution in [1.29, 1.82) is 0 Å². The Morgan fingerprint density at radius 3 is 2.94 bits per heavy atom. The van der Waals surface area contributed by atoms with Crippen LogP contribution in [0.25, 0.3) is 0 Å². The smallest absolute Gasteiger partial charge is 0.252 e. The van der Waals surface area contributed by atoms with Crippen LogP contribution in [0.3, 0.4) is 0 Å². The van der Waals surface area contributed by atoms with Gasteiger partial charge in [0.1, 0.15) is 17.5 Å². The van der Waals surface area contributed by atoms with Crippen molar-refractivity contribution in [2.75, 3.05) is 11.1 Å². The van der Waals surface area contributed by atoms with E-state index in [1.807, 2.05) is 0 Å². The average molecular weight is 234 g/mol. The summed E-state index contributed by atoms with van der Waals surface area (Å²) in [5.74, 6) is 1.69. The Morgan fingerprint density at radius 1 is 1.59 bits per heavy atom. The molecule has 2 aromatic rings. The SMILES string of the molecule is Cc1nc(NCc2cnn(C)c2N)cc(=O)[nH]1. The molecule has 90 valence electrons. The summed E-state index contributed by atoms with van der Waals surface area (Å²) in [5, 5.41) is 7.06. The zero-order valence-corrected chi connectivity index (χ0v) is 9.69. The normalized spacial score (nSPS) is 10.5. The van der Waals surface area contributed by atoms with E-state index in [2.05, 4.69) is 20.4 Å². The van der Waals surface area contributed by atoms with Gasteiger partial charge in [-0.3, -0.25) is 9.48 Å². The van der Waals surface area contributed by atoms with Gasteiger partial charge in [-0.15, -0.1) is 0 Å². The van der Waals surface area contributed by atoms with Crippen molar-refractivity contribution in [3.8, 4) is 0 Å². The molecule has 0 amide bonds. The number of hydrogen-bond acceptors (Lipinski definition) is 5. The molecule has 0 bridgehead atoms. The lowest BCUT2D eigenvalue weighted by Gasteiger charge is -2.05. The van der Waals surface area contributed by atoms with Crippen molar-refractivity contribution in [2.24, 2.45) is 7.05 Å². The Morgan fingerprint density at radius 2 is 2.35 bits per heavy atom. The Hall–Kier alpha value is -2.31. The van der Waals surface area contributed by atoms with E-state index in [1.54, 1.807) is 24.9 Å². The molecule has 0 unspecified atom stereocenters. The van der Waals surface area contributed by atoms with Gasteiger partial charge in [0.05, 0.1) is 6.20 Å². The van der Waals surface area contributed by atoms with Gasteiger partial charge in [0.2, 0.25) is 0 Å². The van der Waals surface area contributed by atoms with E-state index in [9.17, 15) is 4.79 Å². The van der Waals surface area contributed by atoms with Crippen LogP contribution in [0.4, 0.5) is 11.6 Å². The standard InChI is InChI=1S/C10H14N6O/c1-6-14-8(3-9(17)15-6)12-4-7-5-13-16(2)10(7)11/h3,5H,4,11H2,1-2H3,(H2,12,14,15,17). The predicted molar refractivity (Wildman–Crippen MR) is 64.5 cm³/mol. The highest BCUT2D eigenvalue weighted by Gasteiger charge is 2.05. The molecule has 4 N–H and O–H groups in total. The summed E-state index contributed by atoms with van der Waals surface area (Å²) in [7, 11) is 1.77. The third kappa shape index (κ3) is 2.44. The second kappa shape index (κ2) is 4.28. The first kappa shape index (κ1) is 11.2. The van der Waals surface area contributed by atoms with Crippen LogP contribution in [0.5, 0.6) is 0 Å². The zero-order chi connectivity index (χ0) is 12.4. The highest BCUT2D eigenvalue weighted by molar-refractivity contribution is 5.42. The summed E-state index contributed by atoms with van der Waals surface area (Å²) >= 11 is 0. The lowest BCUT2D eigenvalue weighted by atomic mass is 10.3. The van der Waals surface area contributed by atoms with Crippen LogP contribution in [0.2, 0.25) is 0 Å². The van der Waals surface area contributed by atoms with Crippen LogP contribution < -0.4 is 16.6 Å². The number of nitrogens with zero attached hydrogens (tertiary/aromatic N) is 3. The first-order chi connectivity index (χ1) is 8.06. The molecule has 0 fully saturated rings. The molecule has 17 heavy (non-hydrogen) atoms. The molecule has 0 saturated carbocycles. The van der Waals surface area contributed by atoms with E-state index in [4.69, 9.17) is 5.73 Å². The van der Waals surface area contributed by atoms with Crippen molar-refractivity contribution in [3.05, 3.63) is 34.0 Å².